The van der Waals surface area contributed by atoms with Gasteiger partial charge in [0.1, 0.15) is 0 Å². The molecule has 1 aromatic rings. The van der Waals surface area contributed by atoms with E-state index in [1.54, 1.807) is 19.1 Å². The Morgan fingerprint density at radius 3 is 2.46 bits per heavy atom. The molecule has 146 valence electrons. The van der Waals surface area contributed by atoms with Crippen LogP contribution < -0.4 is 9.47 Å². The van der Waals surface area contributed by atoms with Crippen molar-refractivity contribution in [2.75, 3.05) is 38.0 Å². The van der Waals surface area contributed by atoms with Gasteiger partial charge in [-0.3, -0.25) is 4.79 Å². The lowest BCUT2D eigenvalue weighted by Gasteiger charge is -2.26. The van der Waals surface area contributed by atoms with Crippen LogP contribution in [-0.4, -0.2) is 63.3 Å². The third kappa shape index (κ3) is 5.07. The first-order chi connectivity index (χ1) is 12.3. The van der Waals surface area contributed by atoms with E-state index in [-0.39, 0.29) is 23.5 Å². The molecule has 1 saturated heterocycles. The van der Waals surface area contributed by atoms with Gasteiger partial charge in [0.15, 0.2) is 21.3 Å². The van der Waals surface area contributed by atoms with E-state index in [4.69, 9.17) is 9.47 Å². The summed E-state index contributed by atoms with van der Waals surface area (Å²) in [4.78, 5) is 14.2. The summed E-state index contributed by atoms with van der Waals surface area (Å²) in [6, 6.07) is 3.69. The average Bonchev–Trinajstić information content (AvgIpc) is 2.96. The molecule has 0 spiro atoms. The lowest BCUT2D eigenvalue weighted by Crippen LogP contribution is -2.41. The normalized spacial score (nSPS) is 18.5. The maximum Gasteiger partial charge on any atom is 0.232 e. The molecule has 1 fully saturated rings. The number of hydrogen-bond acceptors (Lipinski definition) is 6. The number of carbonyl (C=O) groups excluding carboxylic acids is 1. The van der Waals surface area contributed by atoms with Gasteiger partial charge < -0.3 is 14.4 Å². The molecule has 8 heteroatoms. The number of sulfone groups is 1. The van der Waals surface area contributed by atoms with Crippen LogP contribution in [-0.2, 0) is 20.4 Å². The third-order valence-electron chi connectivity index (χ3n) is 4.64. The van der Waals surface area contributed by atoms with Crippen molar-refractivity contribution in [3.05, 3.63) is 23.3 Å². The van der Waals surface area contributed by atoms with Gasteiger partial charge in [-0.2, -0.15) is 0 Å². The van der Waals surface area contributed by atoms with Gasteiger partial charge >= 0.3 is 0 Å². The summed E-state index contributed by atoms with van der Waals surface area (Å²) in [5, 5.41) is 0. The molecule has 1 aliphatic rings. The Hall–Kier alpha value is -1.41. The first kappa shape index (κ1) is 20.9. The Morgan fingerprint density at radius 1 is 1.27 bits per heavy atom. The zero-order valence-electron chi connectivity index (χ0n) is 15.8. The Morgan fingerprint density at radius 2 is 1.92 bits per heavy atom. The predicted molar refractivity (Wildman–Crippen MR) is 105 cm³/mol. The first-order valence-corrected chi connectivity index (χ1v) is 11.6. The topological polar surface area (TPSA) is 72.9 Å². The Bertz CT molecular complexity index is 748. The van der Waals surface area contributed by atoms with Gasteiger partial charge in [-0.1, -0.05) is 0 Å². The molecule has 0 bridgehead atoms. The standard InChI is InChI=1S/C18H27NO5S2/c1-5-19(15-6-7-26(21,22)12-15)18(20)11-25-10-14-9-17(24-4)16(23-3)8-13(14)2/h8-9,15H,5-7,10-12H2,1-4H3/t15-/m1/s1. The van der Waals surface area contributed by atoms with E-state index in [0.29, 0.717) is 36.0 Å². The summed E-state index contributed by atoms with van der Waals surface area (Å²) in [7, 11) is 0.210. The summed E-state index contributed by atoms with van der Waals surface area (Å²) < 4.78 is 34.0. The smallest absolute Gasteiger partial charge is 0.232 e. The van der Waals surface area contributed by atoms with Crippen LogP contribution in [0.4, 0.5) is 0 Å². The molecule has 0 radical (unpaired) electrons. The molecule has 0 unspecified atom stereocenters. The highest BCUT2D eigenvalue weighted by molar-refractivity contribution is 7.99. The van der Waals surface area contributed by atoms with Crippen LogP contribution >= 0.6 is 11.8 Å². The first-order valence-electron chi connectivity index (χ1n) is 8.60. The van der Waals surface area contributed by atoms with E-state index in [0.717, 1.165) is 11.1 Å². The molecule has 6 nitrogen and oxygen atoms in total. The van der Waals surface area contributed by atoms with Crippen LogP contribution in [0, 0.1) is 6.92 Å². The quantitative estimate of drug-likeness (QED) is 0.665. The summed E-state index contributed by atoms with van der Waals surface area (Å²) >= 11 is 1.53. The fraction of sp³-hybridized carbons (Fsp3) is 0.611. The van der Waals surface area contributed by atoms with Gasteiger partial charge in [0.25, 0.3) is 0 Å². The fourth-order valence-electron chi connectivity index (χ4n) is 3.17. The van der Waals surface area contributed by atoms with Gasteiger partial charge in [-0.15, -0.1) is 11.8 Å². The van der Waals surface area contributed by atoms with E-state index in [2.05, 4.69) is 0 Å². The summed E-state index contributed by atoms with van der Waals surface area (Å²) in [5.41, 5.74) is 2.17. The molecule has 0 saturated carbocycles. The zero-order valence-corrected chi connectivity index (χ0v) is 17.4. The van der Waals surface area contributed by atoms with E-state index in [9.17, 15) is 13.2 Å². The molecule has 0 aromatic heterocycles. The molecular formula is C18H27NO5S2. The van der Waals surface area contributed by atoms with Gasteiger partial charge in [-0.05, 0) is 43.5 Å². The lowest BCUT2D eigenvalue weighted by molar-refractivity contribution is -0.129. The summed E-state index contributed by atoms with van der Waals surface area (Å²) in [6.45, 7) is 4.43. The minimum Gasteiger partial charge on any atom is -0.493 e. The minimum atomic E-state index is -2.99. The van der Waals surface area contributed by atoms with E-state index >= 15 is 0 Å². The van der Waals surface area contributed by atoms with Crippen molar-refractivity contribution in [2.45, 2.75) is 32.1 Å². The number of ether oxygens (including phenoxy) is 2. The Labute approximate surface area is 160 Å². The molecule has 0 aliphatic carbocycles. The van der Waals surface area contributed by atoms with Crippen molar-refractivity contribution in [2.24, 2.45) is 0 Å². The molecule has 1 atom stereocenters. The Kier molecular flexibility index (Phi) is 7.23. The number of methoxy groups -OCH3 is 2. The highest BCUT2D eigenvalue weighted by atomic mass is 32.2. The number of thioether (sulfide) groups is 1. The molecule has 1 aliphatic heterocycles. The average molecular weight is 402 g/mol. The van der Waals surface area contributed by atoms with Gasteiger partial charge in [0.05, 0.1) is 31.5 Å². The number of rotatable bonds is 8. The highest BCUT2D eigenvalue weighted by Gasteiger charge is 2.33. The molecule has 2 rings (SSSR count). The maximum absolute atomic E-state index is 12.5. The van der Waals surface area contributed by atoms with E-state index < -0.39 is 9.84 Å². The monoisotopic (exact) mass is 401 g/mol. The second-order valence-electron chi connectivity index (χ2n) is 6.36. The second-order valence-corrected chi connectivity index (χ2v) is 9.58. The van der Waals surface area contributed by atoms with Crippen LogP contribution in [0.25, 0.3) is 0 Å². The van der Waals surface area contributed by atoms with Gasteiger partial charge in [0, 0.05) is 18.3 Å². The van der Waals surface area contributed by atoms with Crippen LogP contribution in [0.15, 0.2) is 12.1 Å². The number of carbonyl (C=O) groups is 1. The fourth-order valence-corrected chi connectivity index (χ4v) is 5.87. The highest BCUT2D eigenvalue weighted by Crippen LogP contribution is 2.32. The molecule has 1 heterocycles. The lowest BCUT2D eigenvalue weighted by atomic mass is 10.1. The molecule has 1 aromatic carbocycles. The largest absolute Gasteiger partial charge is 0.493 e. The van der Waals surface area contributed by atoms with Gasteiger partial charge in [-0.25, -0.2) is 8.42 Å². The van der Waals surface area contributed by atoms with E-state index in [1.807, 2.05) is 26.0 Å². The van der Waals surface area contributed by atoms with Gasteiger partial charge in [0.2, 0.25) is 5.91 Å². The van der Waals surface area contributed by atoms with Crippen molar-refractivity contribution in [1.29, 1.82) is 0 Å². The van der Waals surface area contributed by atoms with Crippen LogP contribution in [0.5, 0.6) is 11.5 Å². The number of aryl methyl sites for hydroxylation is 1. The third-order valence-corrected chi connectivity index (χ3v) is 7.35. The van der Waals surface area contributed by atoms with Crippen molar-refractivity contribution in [3.8, 4) is 11.5 Å². The maximum atomic E-state index is 12.5. The predicted octanol–water partition coefficient (Wildman–Crippen LogP) is 2.28. The summed E-state index contributed by atoms with van der Waals surface area (Å²) in [6.07, 6.45) is 0.543. The molecule has 26 heavy (non-hydrogen) atoms. The number of hydrogen-bond donors (Lipinski definition) is 0. The van der Waals surface area contributed by atoms with Crippen molar-refractivity contribution in [1.82, 2.24) is 4.90 Å². The SMILES string of the molecule is CCN(C(=O)CSCc1cc(OC)c(OC)cc1C)[C@@H]1CCS(=O)(=O)C1. The van der Waals surface area contributed by atoms with Crippen molar-refractivity contribution < 1.29 is 22.7 Å². The number of benzene rings is 1. The number of nitrogens with zero attached hydrogens (tertiary/aromatic N) is 1. The molecule has 1 amide bonds. The van der Waals surface area contributed by atoms with Crippen molar-refractivity contribution in [3.63, 3.8) is 0 Å². The van der Waals surface area contributed by atoms with Crippen molar-refractivity contribution >= 4 is 27.5 Å². The van der Waals surface area contributed by atoms with Crippen LogP contribution in [0.2, 0.25) is 0 Å². The van der Waals surface area contributed by atoms with Crippen LogP contribution in [0.3, 0.4) is 0 Å². The minimum absolute atomic E-state index is 0.00210. The zero-order chi connectivity index (χ0) is 19.3. The molecule has 0 N–H and O–H groups in total. The Balaban J connectivity index is 1.95. The van der Waals surface area contributed by atoms with E-state index in [1.165, 1.54) is 11.8 Å². The number of amides is 1. The summed E-state index contributed by atoms with van der Waals surface area (Å²) in [5.74, 6) is 2.64. The second kappa shape index (κ2) is 8.99. The van der Waals surface area contributed by atoms with Crippen LogP contribution in [0.1, 0.15) is 24.5 Å². The molecular weight excluding hydrogens is 374 g/mol.